The van der Waals surface area contributed by atoms with E-state index in [0.717, 1.165) is 24.5 Å². The first-order valence-electron chi connectivity index (χ1n) is 8.49. The number of rotatable bonds is 5. The molecule has 2 aliphatic rings. The van der Waals surface area contributed by atoms with E-state index < -0.39 is 0 Å². The molecule has 3 rings (SSSR count). The minimum atomic E-state index is -0.306. The largest absolute Gasteiger partial charge is 0.378 e. The number of hydrogen-bond donors (Lipinski definition) is 1. The fourth-order valence-electron chi connectivity index (χ4n) is 3.18. The molecule has 8 heteroatoms. The van der Waals surface area contributed by atoms with E-state index in [1.54, 1.807) is 0 Å². The fourth-order valence-corrected chi connectivity index (χ4v) is 3.18. The number of nitrogens with zero attached hydrogens (tertiary/aromatic N) is 4. The summed E-state index contributed by atoms with van der Waals surface area (Å²) in [7, 11) is 0. The van der Waals surface area contributed by atoms with Crippen LogP contribution in [0.4, 0.5) is 0 Å². The molecule has 2 N–H and O–H groups in total. The highest BCUT2D eigenvalue weighted by Crippen LogP contribution is 2.17. The Morgan fingerprint density at radius 2 is 2.04 bits per heavy atom. The lowest BCUT2D eigenvalue weighted by atomic mass is 10.2. The van der Waals surface area contributed by atoms with Crippen LogP contribution in [0.2, 0.25) is 0 Å². The Kier molecular flexibility index (Phi) is 5.15. The molecule has 1 aromatic heterocycles. The van der Waals surface area contributed by atoms with Crippen LogP contribution in [-0.2, 0) is 33.8 Å². The van der Waals surface area contributed by atoms with Crippen LogP contribution in [0.1, 0.15) is 24.7 Å². The summed E-state index contributed by atoms with van der Waals surface area (Å²) >= 11 is 0. The van der Waals surface area contributed by atoms with Gasteiger partial charge in [-0.1, -0.05) is 0 Å². The van der Waals surface area contributed by atoms with Gasteiger partial charge in [-0.3, -0.25) is 19.2 Å². The predicted molar refractivity (Wildman–Crippen MR) is 87.0 cm³/mol. The number of morpholine rings is 1. The minimum Gasteiger partial charge on any atom is -0.378 e. The van der Waals surface area contributed by atoms with Gasteiger partial charge in [0.25, 0.3) is 0 Å². The number of hydrogen-bond acceptors (Lipinski definition) is 5. The van der Waals surface area contributed by atoms with E-state index in [1.165, 1.54) is 0 Å². The smallest absolute Gasteiger partial charge is 0.234 e. The molecule has 0 bridgehead atoms. The van der Waals surface area contributed by atoms with E-state index in [9.17, 15) is 9.59 Å². The van der Waals surface area contributed by atoms with Crippen molar-refractivity contribution in [3.63, 3.8) is 0 Å². The normalized spacial score (nSPS) is 19.8. The summed E-state index contributed by atoms with van der Waals surface area (Å²) < 4.78 is 7.24. The van der Waals surface area contributed by atoms with E-state index in [2.05, 4.69) is 10.00 Å². The number of nitrogens with two attached hydrogens (primary N) is 1. The lowest BCUT2D eigenvalue weighted by molar-refractivity contribution is -0.135. The van der Waals surface area contributed by atoms with Crippen LogP contribution in [0, 0.1) is 0 Å². The zero-order chi connectivity index (χ0) is 17.1. The van der Waals surface area contributed by atoms with Gasteiger partial charge < -0.3 is 15.4 Å². The average molecular weight is 335 g/mol. The van der Waals surface area contributed by atoms with Gasteiger partial charge >= 0.3 is 0 Å². The monoisotopic (exact) mass is 335 g/mol. The SMILES string of the molecule is CC(C(N)=O)N1CCn2nc(CCC(=O)N3CCOCC3)cc2C1. The molecule has 3 heterocycles. The molecular formula is C16H25N5O3. The molecule has 2 amide bonds. The van der Waals surface area contributed by atoms with Gasteiger partial charge in [0.15, 0.2) is 0 Å². The molecule has 1 aromatic rings. The quantitative estimate of drug-likeness (QED) is 0.773. The number of aromatic nitrogens is 2. The maximum atomic E-state index is 12.2. The van der Waals surface area contributed by atoms with Gasteiger partial charge in [-0.05, 0) is 13.0 Å². The summed E-state index contributed by atoms with van der Waals surface area (Å²) in [6.45, 7) is 6.59. The Morgan fingerprint density at radius 3 is 2.75 bits per heavy atom. The van der Waals surface area contributed by atoms with Crippen LogP contribution in [-0.4, -0.2) is 70.3 Å². The van der Waals surface area contributed by atoms with Crippen LogP contribution >= 0.6 is 0 Å². The van der Waals surface area contributed by atoms with Crippen molar-refractivity contribution in [1.29, 1.82) is 0 Å². The van der Waals surface area contributed by atoms with Gasteiger partial charge in [0, 0.05) is 39.0 Å². The third-order valence-electron chi connectivity index (χ3n) is 4.80. The third kappa shape index (κ3) is 3.76. The van der Waals surface area contributed by atoms with Gasteiger partial charge in [-0.2, -0.15) is 5.10 Å². The van der Waals surface area contributed by atoms with E-state index in [1.807, 2.05) is 22.6 Å². The summed E-state index contributed by atoms with van der Waals surface area (Å²) in [6, 6.07) is 1.76. The number of ether oxygens (including phenoxy) is 1. The average Bonchev–Trinajstić information content (AvgIpc) is 3.01. The molecule has 1 saturated heterocycles. The molecule has 2 aliphatic heterocycles. The van der Waals surface area contributed by atoms with Crippen molar-refractivity contribution in [2.75, 3.05) is 32.8 Å². The third-order valence-corrected chi connectivity index (χ3v) is 4.80. The molecule has 0 aromatic carbocycles. The summed E-state index contributed by atoms with van der Waals surface area (Å²) in [5.41, 5.74) is 7.39. The van der Waals surface area contributed by atoms with E-state index >= 15 is 0 Å². The number of carbonyl (C=O) groups excluding carboxylic acids is 2. The molecule has 0 radical (unpaired) electrons. The van der Waals surface area contributed by atoms with Crippen LogP contribution in [0.25, 0.3) is 0 Å². The Morgan fingerprint density at radius 1 is 1.29 bits per heavy atom. The second kappa shape index (κ2) is 7.31. The van der Waals surface area contributed by atoms with Crippen molar-refractivity contribution >= 4 is 11.8 Å². The number of primary amides is 1. The zero-order valence-electron chi connectivity index (χ0n) is 14.1. The molecule has 1 atom stereocenters. The highest BCUT2D eigenvalue weighted by molar-refractivity contribution is 5.79. The van der Waals surface area contributed by atoms with Crippen molar-refractivity contribution in [2.24, 2.45) is 5.73 Å². The second-order valence-corrected chi connectivity index (χ2v) is 6.39. The first kappa shape index (κ1) is 16.9. The molecular weight excluding hydrogens is 310 g/mol. The summed E-state index contributed by atoms with van der Waals surface area (Å²) in [4.78, 5) is 27.5. The molecule has 8 nitrogen and oxygen atoms in total. The molecule has 24 heavy (non-hydrogen) atoms. The van der Waals surface area contributed by atoms with Gasteiger partial charge in [-0.25, -0.2) is 0 Å². The molecule has 0 spiro atoms. The Hall–Kier alpha value is -1.93. The maximum Gasteiger partial charge on any atom is 0.234 e. The van der Waals surface area contributed by atoms with Crippen LogP contribution in [0.5, 0.6) is 0 Å². The van der Waals surface area contributed by atoms with Gasteiger partial charge in [0.2, 0.25) is 11.8 Å². The van der Waals surface area contributed by atoms with E-state index in [4.69, 9.17) is 10.5 Å². The number of aryl methyl sites for hydroxylation is 1. The van der Waals surface area contributed by atoms with Gasteiger partial charge in [-0.15, -0.1) is 0 Å². The van der Waals surface area contributed by atoms with Gasteiger partial charge in [0.05, 0.1) is 37.2 Å². The highest BCUT2D eigenvalue weighted by atomic mass is 16.5. The number of carbonyl (C=O) groups is 2. The Labute approximate surface area is 141 Å². The Bertz CT molecular complexity index is 609. The zero-order valence-corrected chi connectivity index (χ0v) is 14.1. The maximum absolute atomic E-state index is 12.2. The van der Waals surface area contributed by atoms with E-state index in [-0.39, 0.29) is 17.9 Å². The molecule has 0 saturated carbocycles. The van der Waals surface area contributed by atoms with Crippen LogP contribution in [0.3, 0.4) is 0 Å². The molecule has 132 valence electrons. The van der Waals surface area contributed by atoms with E-state index in [0.29, 0.717) is 45.7 Å². The lowest BCUT2D eigenvalue weighted by Crippen LogP contribution is -2.46. The van der Waals surface area contributed by atoms with Crippen molar-refractivity contribution < 1.29 is 14.3 Å². The number of amides is 2. The lowest BCUT2D eigenvalue weighted by Gasteiger charge is -2.30. The minimum absolute atomic E-state index is 0.160. The summed E-state index contributed by atoms with van der Waals surface area (Å²) in [6.07, 6.45) is 1.11. The standard InChI is InChI=1S/C16H25N5O3/c1-12(16(17)23)20-4-5-21-14(11-20)10-13(18-21)2-3-15(22)19-6-8-24-9-7-19/h10,12H,2-9,11H2,1H3,(H2,17,23). The van der Waals surface area contributed by atoms with Crippen LogP contribution < -0.4 is 5.73 Å². The van der Waals surface area contributed by atoms with Crippen molar-refractivity contribution in [3.8, 4) is 0 Å². The first-order valence-corrected chi connectivity index (χ1v) is 8.49. The van der Waals surface area contributed by atoms with Gasteiger partial charge in [0.1, 0.15) is 0 Å². The fraction of sp³-hybridized carbons (Fsp3) is 0.688. The van der Waals surface area contributed by atoms with Crippen molar-refractivity contribution in [2.45, 2.75) is 38.9 Å². The second-order valence-electron chi connectivity index (χ2n) is 6.39. The predicted octanol–water partition coefficient (Wildman–Crippen LogP) is -0.636. The van der Waals surface area contributed by atoms with Crippen molar-refractivity contribution in [3.05, 3.63) is 17.5 Å². The van der Waals surface area contributed by atoms with Crippen LogP contribution in [0.15, 0.2) is 6.07 Å². The highest BCUT2D eigenvalue weighted by Gasteiger charge is 2.25. The first-order chi connectivity index (χ1) is 11.5. The summed E-state index contributed by atoms with van der Waals surface area (Å²) in [5, 5.41) is 4.58. The molecule has 1 fully saturated rings. The summed E-state index contributed by atoms with van der Waals surface area (Å²) in [5.74, 6) is -0.146. The molecule has 0 aliphatic carbocycles. The number of fused-ring (bicyclic) bond motifs is 1. The topological polar surface area (TPSA) is 93.7 Å². The molecule has 1 unspecified atom stereocenters. The van der Waals surface area contributed by atoms with Crippen molar-refractivity contribution in [1.82, 2.24) is 19.6 Å². The Balaban J connectivity index is 1.55.